The molecule has 3 rings (SSSR count). The van der Waals surface area contributed by atoms with Crippen LogP contribution in [0, 0.1) is 0 Å². The van der Waals surface area contributed by atoms with Gasteiger partial charge in [0.05, 0.1) is 4.83 Å². The fraction of sp³-hybridized carbons (Fsp3) is 0.100. The molecule has 3 aromatic rings. The average molecular weight is 496 g/mol. The number of alkyl halides is 2. The monoisotopic (exact) mass is 494 g/mol. The van der Waals surface area contributed by atoms with Gasteiger partial charge in [-0.15, -0.1) is 4.52 Å². The molecule has 0 aliphatic rings. The van der Waals surface area contributed by atoms with Crippen LogP contribution in [-0.4, -0.2) is 5.01 Å². The summed E-state index contributed by atoms with van der Waals surface area (Å²) in [5.41, 5.74) is 3.50. The summed E-state index contributed by atoms with van der Waals surface area (Å²) in [6.07, 6.45) is 0. The third kappa shape index (κ3) is 7.10. The van der Waals surface area contributed by atoms with Crippen molar-refractivity contribution < 1.29 is 14.0 Å². The molecule has 0 spiro atoms. The lowest BCUT2D eigenvalue weighted by Gasteiger charge is -2.12. The van der Waals surface area contributed by atoms with Crippen molar-refractivity contribution in [3.63, 3.8) is 0 Å². The molecular weight excluding hydrogens is 479 g/mol. The minimum atomic E-state index is -2.84. The highest BCUT2D eigenvalue weighted by molar-refractivity contribution is 9.12. The molecule has 0 saturated heterocycles. The Labute approximate surface area is 171 Å². The number of rotatable bonds is 5. The van der Waals surface area contributed by atoms with E-state index in [2.05, 4.69) is 84.9 Å². The maximum Gasteiger partial charge on any atom is 0.489 e. The summed E-state index contributed by atoms with van der Waals surface area (Å²) in [5, 5.41) is -0.592. The fourth-order valence-corrected chi connectivity index (χ4v) is 3.77. The van der Waals surface area contributed by atoms with E-state index in [0.717, 1.165) is 5.56 Å². The van der Waals surface area contributed by atoms with Crippen molar-refractivity contribution in [3.8, 4) is 11.1 Å². The predicted octanol–water partition coefficient (Wildman–Crippen LogP) is 6.23. The van der Waals surface area contributed by atoms with E-state index in [1.807, 2.05) is 42.5 Å². The van der Waals surface area contributed by atoms with E-state index >= 15 is 0 Å². The van der Waals surface area contributed by atoms with Gasteiger partial charge in [-0.2, -0.15) is 0 Å². The Hall–Kier alpha value is -1.36. The van der Waals surface area contributed by atoms with Gasteiger partial charge in [0.15, 0.2) is 5.01 Å². The predicted molar refractivity (Wildman–Crippen MR) is 111 cm³/mol. The zero-order chi connectivity index (χ0) is 18.8. The van der Waals surface area contributed by atoms with Crippen LogP contribution >= 0.6 is 40.1 Å². The van der Waals surface area contributed by atoms with Gasteiger partial charge in [0.2, 0.25) is 0 Å². The Morgan fingerprint density at radius 2 is 1.12 bits per heavy atom. The first-order chi connectivity index (χ1) is 12.6. The molecule has 0 heterocycles. The minimum Gasteiger partial charge on any atom is -0.566 e. The summed E-state index contributed by atoms with van der Waals surface area (Å²) in [6.45, 7) is 0. The molecule has 0 bridgehead atoms. The lowest BCUT2D eigenvalue weighted by molar-refractivity contribution is -0.186. The van der Waals surface area contributed by atoms with E-state index in [-0.39, 0.29) is 4.83 Å². The maximum absolute atomic E-state index is 10.3. The highest BCUT2D eigenvalue weighted by Gasteiger charge is 2.23. The molecule has 0 amide bonds. The third-order valence-corrected chi connectivity index (χ3v) is 6.54. The Kier molecular flexibility index (Phi) is 9.16. The lowest BCUT2D eigenvalue weighted by atomic mass is 10.1. The molecule has 0 radical (unpaired) electrons. The summed E-state index contributed by atoms with van der Waals surface area (Å²) in [7, 11) is -2.84. The van der Waals surface area contributed by atoms with Crippen LogP contribution < -0.4 is 4.89 Å². The molecule has 0 fully saturated rings. The van der Waals surface area contributed by atoms with Crippen LogP contribution in [-0.2, 0) is 9.09 Å². The van der Waals surface area contributed by atoms with Crippen molar-refractivity contribution in [2.75, 3.05) is 0 Å². The van der Waals surface area contributed by atoms with Crippen molar-refractivity contribution in [3.05, 3.63) is 96.6 Å². The highest BCUT2D eigenvalue weighted by Crippen LogP contribution is 2.35. The molecular formula is C20H17Br2O3P. The van der Waals surface area contributed by atoms with Gasteiger partial charge in [0, 0.05) is 0 Å². The zero-order valence-corrected chi connectivity index (χ0v) is 17.8. The topological polar surface area (TPSA) is 49.4 Å². The van der Waals surface area contributed by atoms with Gasteiger partial charge in [0.1, 0.15) is 0 Å². The van der Waals surface area contributed by atoms with Crippen LogP contribution in [0.4, 0.5) is 0 Å². The minimum absolute atomic E-state index is 0.198. The van der Waals surface area contributed by atoms with Gasteiger partial charge in [-0.3, -0.25) is 0 Å². The van der Waals surface area contributed by atoms with Gasteiger partial charge >= 0.3 is 8.25 Å². The van der Waals surface area contributed by atoms with Crippen LogP contribution in [0.3, 0.4) is 0 Å². The summed E-state index contributed by atoms with van der Waals surface area (Å²) >= 11 is 6.47. The smallest absolute Gasteiger partial charge is 0.489 e. The van der Waals surface area contributed by atoms with Gasteiger partial charge in [-0.25, -0.2) is 0 Å². The van der Waals surface area contributed by atoms with Crippen LogP contribution in [0.15, 0.2) is 91.0 Å². The molecule has 134 valence electrons. The van der Waals surface area contributed by atoms with Gasteiger partial charge in [0.25, 0.3) is 0 Å². The van der Waals surface area contributed by atoms with E-state index in [1.165, 1.54) is 11.1 Å². The quantitative estimate of drug-likeness (QED) is 0.311. The van der Waals surface area contributed by atoms with E-state index < -0.39 is 13.3 Å². The van der Waals surface area contributed by atoms with Crippen molar-refractivity contribution in [1.29, 1.82) is 0 Å². The van der Waals surface area contributed by atoms with Crippen molar-refractivity contribution in [2.24, 2.45) is 0 Å². The van der Waals surface area contributed by atoms with Gasteiger partial charge in [-0.05, 0) is 21.3 Å². The zero-order valence-electron chi connectivity index (χ0n) is 13.7. The Morgan fingerprint density at radius 1 is 0.731 bits per heavy atom. The Morgan fingerprint density at radius 3 is 1.50 bits per heavy atom. The molecule has 3 nitrogen and oxygen atoms in total. The number of hydrogen-bond donors (Lipinski definition) is 0. The molecule has 3 unspecified atom stereocenters. The molecule has 6 heteroatoms. The fourth-order valence-electron chi connectivity index (χ4n) is 2.19. The summed E-state index contributed by atoms with van der Waals surface area (Å²) in [6, 6.07) is 30.2. The van der Waals surface area contributed by atoms with E-state index in [1.54, 1.807) is 0 Å². The van der Waals surface area contributed by atoms with E-state index in [4.69, 9.17) is 0 Å². The molecule has 0 aliphatic carbocycles. The molecule has 3 aromatic carbocycles. The van der Waals surface area contributed by atoms with Gasteiger partial charge < -0.3 is 4.89 Å². The first-order valence-electron chi connectivity index (χ1n) is 7.82. The number of benzene rings is 3. The third-order valence-electron chi connectivity index (χ3n) is 3.42. The summed E-state index contributed by atoms with van der Waals surface area (Å²) in [4.78, 5) is 10.1. The van der Waals surface area contributed by atoms with Gasteiger partial charge in [-0.1, -0.05) is 123 Å². The van der Waals surface area contributed by atoms with Crippen LogP contribution in [0.5, 0.6) is 0 Å². The van der Waals surface area contributed by atoms with Crippen molar-refractivity contribution >= 4 is 40.1 Å². The lowest BCUT2D eigenvalue weighted by Crippen LogP contribution is -2.09. The molecule has 0 saturated carbocycles. The molecule has 0 aromatic heterocycles. The van der Waals surface area contributed by atoms with Crippen molar-refractivity contribution in [1.82, 2.24) is 0 Å². The normalized spacial score (nSPS) is 13.1. The maximum atomic E-state index is 10.3. The van der Waals surface area contributed by atoms with E-state index in [9.17, 15) is 9.46 Å². The second kappa shape index (κ2) is 11.4. The SMILES string of the molecule is O=[P+]([O-])OC(Br)C(Br)c1ccccc1.c1ccc(-c2ccccc2)cc1. The first kappa shape index (κ1) is 20.9. The molecule has 0 N–H and O–H groups in total. The number of hydrogen-bond acceptors (Lipinski definition) is 3. The highest BCUT2D eigenvalue weighted by atomic mass is 79.9. The summed E-state index contributed by atoms with van der Waals surface area (Å²) in [5.74, 6) is 0. The van der Waals surface area contributed by atoms with Crippen molar-refractivity contribution in [2.45, 2.75) is 9.84 Å². The van der Waals surface area contributed by atoms with Crippen LogP contribution in [0.1, 0.15) is 10.4 Å². The van der Waals surface area contributed by atoms with Crippen LogP contribution in [0.2, 0.25) is 0 Å². The Bertz CT molecular complexity index is 748. The first-order valence-corrected chi connectivity index (χ1v) is 10.8. The number of halogens is 2. The standard InChI is InChI=1S/C12H10.C8H7Br2O3P/c1-3-7-11(8-4-1)12-9-5-2-6-10-12;9-7(8(10)13-14(11)12)6-4-2-1-3-5-6/h1-10H;1-5,7-8H. The second-order valence-electron chi connectivity index (χ2n) is 5.22. The molecule has 0 aliphatic heterocycles. The largest absolute Gasteiger partial charge is 0.566 e. The Balaban J connectivity index is 0.000000189. The molecule has 26 heavy (non-hydrogen) atoms. The average Bonchev–Trinajstić information content (AvgIpc) is 2.69. The second-order valence-corrected chi connectivity index (χ2v) is 7.77. The molecule has 3 atom stereocenters. The van der Waals surface area contributed by atoms with E-state index in [0.29, 0.717) is 0 Å². The summed E-state index contributed by atoms with van der Waals surface area (Å²) < 4.78 is 14.9. The van der Waals surface area contributed by atoms with Crippen LogP contribution in [0.25, 0.3) is 11.1 Å².